The van der Waals surface area contributed by atoms with E-state index in [0.717, 1.165) is 25.0 Å². The molecule has 0 atom stereocenters. The second-order valence-electron chi connectivity index (χ2n) is 3.94. The summed E-state index contributed by atoms with van der Waals surface area (Å²) in [5.41, 5.74) is 0.292. The lowest BCUT2D eigenvalue weighted by Crippen LogP contribution is -2.07. The third-order valence-electron chi connectivity index (χ3n) is 2.48. The van der Waals surface area contributed by atoms with E-state index in [-0.39, 0.29) is 12.4 Å². The lowest BCUT2D eigenvalue weighted by molar-refractivity contribution is 0.120. The average Bonchev–Trinajstić information content (AvgIpc) is 3.00. The summed E-state index contributed by atoms with van der Waals surface area (Å²) in [4.78, 5) is 4.39. The molecule has 5 heteroatoms. The number of hydrogen-bond acceptors (Lipinski definition) is 3. The number of halogens is 2. The molecule has 0 aliphatic heterocycles. The van der Waals surface area contributed by atoms with Gasteiger partial charge in [0.05, 0.1) is 13.2 Å². The van der Waals surface area contributed by atoms with Gasteiger partial charge < -0.3 is 4.74 Å². The van der Waals surface area contributed by atoms with E-state index in [1.165, 1.54) is 0 Å². The molecule has 1 saturated carbocycles. The van der Waals surface area contributed by atoms with Crippen LogP contribution in [-0.4, -0.2) is 6.61 Å². The first-order valence-corrected chi connectivity index (χ1v) is 5.13. The number of benzene rings is 1. The Bertz CT molecular complexity index is 380. The van der Waals surface area contributed by atoms with E-state index >= 15 is 0 Å². The standard InChI is InChI=1S/C11H13F2NO2/c12-9-3-8(6-16-14)11(10(13)4-9)15-5-7-1-2-7/h3-4,7H,1-2,5-6,14H2. The van der Waals surface area contributed by atoms with Crippen molar-refractivity contribution >= 4 is 0 Å². The maximum atomic E-state index is 13.4. The Hall–Kier alpha value is -1.20. The lowest BCUT2D eigenvalue weighted by atomic mass is 10.2. The summed E-state index contributed by atoms with van der Waals surface area (Å²) in [5.74, 6) is 4.06. The summed E-state index contributed by atoms with van der Waals surface area (Å²) in [7, 11) is 0. The average molecular weight is 229 g/mol. The van der Waals surface area contributed by atoms with Gasteiger partial charge in [0.2, 0.25) is 0 Å². The molecule has 0 radical (unpaired) electrons. The second-order valence-corrected chi connectivity index (χ2v) is 3.94. The normalized spacial score (nSPS) is 15.2. The molecule has 2 N–H and O–H groups in total. The monoisotopic (exact) mass is 229 g/mol. The predicted molar refractivity (Wildman–Crippen MR) is 53.6 cm³/mol. The van der Waals surface area contributed by atoms with Crippen molar-refractivity contribution in [2.24, 2.45) is 11.8 Å². The predicted octanol–water partition coefficient (Wildman–Crippen LogP) is 2.14. The van der Waals surface area contributed by atoms with Crippen LogP contribution in [0.25, 0.3) is 0 Å². The molecule has 16 heavy (non-hydrogen) atoms. The molecule has 0 unspecified atom stereocenters. The van der Waals surface area contributed by atoms with E-state index in [0.29, 0.717) is 18.1 Å². The van der Waals surface area contributed by atoms with E-state index < -0.39 is 11.6 Å². The van der Waals surface area contributed by atoms with Gasteiger partial charge in [0.25, 0.3) is 0 Å². The zero-order valence-electron chi connectivity index (χ0n) is 8.71. The van der Waals surface area contributed by atoms with Gasteiger partial charge in [-0.3, -0.25) is 4.84 Å². The smallest absolute Gasteiger partial charge is 0.168 e. The van der Waals surface area contributed by atoms with Crippen LogP contribution in [0.5, 0.6) is 5.75 Å². The maximum absolute atomic E-state index is 13.4. The van der Waals surface area contributed by atoms with Gasteiger partial charge in [0.15, 0.2) is 11.6 Å². The van der Waals surface area contributed by atoms with Gasteiger partial charge in [-0.05, 0) is 24.8 Å². The van der Waals surface area contributed by atoms with Crippen molar-refractivity contribution in [3.05, 3.63) is 29.3 Å². The Kier molecular flexibility index (Phi) is 3.36. The van der Waals surface area contributed by atoms with Gasteiger partial charge in [0.1, 0.15) is 5.82 Å². The maximum Gasteiger partial charge on any atom is 0.168 e. The molecule has 1 aliphatic rings. The Labute approximate surface area is 92.1 Å². The van der Waals surface area contributed by atoms with Crippen molar-refractivity contribution < 1.29 is 18.4 Å². The van der Waals surface area contributed by atoms with Gasteiger partial charge >= 0.3 is 0 Å². The van der Waals surface area contributed by atoms with E-state index in [1.807, 2.05) is 0 Å². The highest BCUT2D eigenvalue weighted by molar-refractivity contribution is 5.35. The van der Waals surface area contributed by atoms with E-state index in [2.05, 4.69) is 4.84 Å². The molecule has 1 aromatic carbocycles. The fraction of sp³-hybridized carbons (Fsp3) is 0.455. The van der Waals surface area contributed by atoms with Crippen molar-refractivity contribution in [1.82, 2.24) is 0 Å². The second kappa shape index (κ2) is 4.76. The summed E-state index contributed by atoms with van der Waals surface area (Å²) in [6, 6.07) is 1.96. The first kappa shape index (κ1) is 11.3. The molecule has 0 heterocycles. The molecule has 0 aromatic heterocycles. The van der Waals surface area contributed by atoms with Crippen LogP contribution in [0.15, 0.2) is 12.1 Å². The Morgan fingerprint density at radius 2 is 2.06 bits per heavy atom. The fourth-order valence-corrected chi connectivity index (χ4v) is 1.46. The molecule has 0 bridgehead atoms. The van der Waals surface area contributed by atoms with E-state index in [1.54, 1.807) is 0 Å². The highest BCUT2D eigenvalue weighted by Gasteiger charge is 2.23. The lowest BCUT2D eigenvalue weighted by Gasteiger charge is -2.11. The largest absolute Gasteiger partial charge is 0.490 e. The van der Waals surface area contributed by atoms with Crippen molar-refractivity contribution in [3.63, 3.8) is 0 Å². The first-order chi connectivity index (χ1) is 7.70. The SMILES string of the molecule is NOCc1cc(F)cc(F)c1OCC1CC1. The van der Waals surface area contributed by atoms with Crippen molar-refractivity contribution in [2.45, 2.75) is 19.4 Å². The molecule has 88 valence electrons. The molecule has 0 saturated heterocycles. The van der Waals surface area contributed by atoms with Crippen LogP contribution in [0.2, 0.25) is 0 Å². The summed E-state index contributed by atoms with van der Waals surface area (Å²) < 4.78 is 31.7. The number of nitrogens with two attached hydrogens (primary N) is 1. The van der Waals surface area contributed by atoms with Crippen LogP contribution in [0.3, 0.4) is 0 Å². The Balaban J connectivity index is 2.16. The van der Waals surface area contributed by atoms with Crippen LogP contribution >= 0.6 is 0 Å². The van der Waals surface area contributed by atoms with Gasteiger partial charge in [-0.2, -0.15) is 0 Å². The molecule has 1 aromatic rings. The van der Waals surface area contributed by atoms with Gasteiger partial charge in [0, 0.05) is 11.6 Å². The molecule has 3 nitrogen and oxygen atoms in total. The summed E-state index contributed by atoms with van der Waals surface area (Å²) in [6.45, 7) is 0.384. The topological polar surface area (TPSA) is 44.5 Å². The number of rotatable bonds is 5. The third kappa shape index (κ3) is 2.68. The number of ether oxygens (including phenoxy) is 1. The van der Waals surface area contributed by atoms with Crippen LogP contribution in [0.1, 0.15) is 18.4 Å². The highest BCUT2D eigenvalue weighted by atomic mass is 19.1. The first-order valence-electron chi connectivity index (χ1n) is 5.13. The quantitative estimate of drug-likeness (QED) is 0.787. The minimum Gasteiger partial charge on any atom is -0.490 e. The van der Waals surface area contributed by atoms with E-state index in [9.17, 15) is 8.78 Å². The fourth-order valence-electron chi connectivity index (χ4n) is 1.46. The minimum absolute atomic E-state index is 0.0405. The molecular formula is C11H13F2NO2. The summed E-state index contributed by atoms with van der Waals surface area (Å²) in [6.07, 6.45) is 2.21. The molecule has 0 spiro atoms. The van der Waals surface area contributed by atoms with Crippen molar-refractivity contribution in [1.29, 1.82) is 0 Å². The van der Waals surface area contributed by atoms with Crippen LogP contribution in [-0.2, 0) is 11.4 Å². The summed E-state index contributed by atoms with van der Waals surface area (Å²) >= 11 is 0. The highest BCUT2D eigenvalue weighted by Crippen LogP contribution is 2.31. The van der Waals surface area contributed by atoms with Crippen LogP contribution in [0, 0.1) is 17.6 Å². The van der Waals surface area contributed by atoms with Gasteiger partial charge in [-0.15, -0.1) is 0 Å². The van der Waals surface area contributed by atoms with Gasteiger partial charge in [-0.25, -0.2) is 14.7 Å². The Morgan fingerprint density at radius 3 is 2.69 bits per heavy atom. The van der Waals surface area contributed by atoms with Crippen molar-refractivity contribution in [2.75, 3.05) is 6.61 Å². The van der Waals surface area contributed by atoms with Gasteiger partial charge in [-0.1, -0.05) is 0 Å². The Morgan fingerprint density at radius 1 is 1.31 bits per heavy atom. The molecule has 2 rings (SSSR count). The number of hydrogen-bond donors (Lipinski definition) is 1. The van der Waals surface area contributed by atoms with Crippen LogP contribution in [0.4, 0.5) is 8.78 Å². The van der Waals surface area contributed by atoms with E-state index in [4.69, 9.17) is 10.6 Å². The molecule has 1 fully saturated rings. The molecule has 1 aliphatic carbocycles. The minimum atomic E-state index is -0.715. The van der Waals surface area contributed by atoms with Crippen LogP contribution < -0.4 is 10.6 Å². The van der Waals surface area contributed by atoms with Crippen molar-refractivity contribution in [3.8, 4) is 5.75 Å². The summed E-state index contributed by atoms with van der Waals surface area (Å²) in [5, 5.41) is 0. The zero-order chi connectivity index (χ0) is 11.5. The third-order valence-corrected chi connectivity index (χ3v) is 2.48. The molecule has 0 amide bonds. The molecular weight excluding hydrogens is 216 g/mol. The zero-order valence-corrected chi connectivity index (χ0v) is 8.71.